The van der Waals surface area contributed by atoms with Crippen molar-refractivity contribution < 1.29 is 4.79 Å². The van der Waals surface area contributed by atoms with Crippen LogP contribution in [0, 0.1) is 11.3 Å². The maximum Gasteiger partial charge on any atom is 0.265 e. The van der Waals surface area contributed by atoms with Crippen LogP contribution in [0.5, 0.6) is 0 Å². The van der Waals surface area contributed by atoms with Gasteiger partial charge in [-0.25, -0.2) is 0 Å². The SMILES string of the molecule is CN(C(=O)/C(C#N)=C\N1CCCCCC1)C1CCCCC1. The maximum atomic E-state index is 12.5. The molecule has 2 rings (SSSR count). The average molecular weight is 289 g/mol. The van der Waals surface area contributed by atoms with Gasteiger partial charge in [0.05, 0.1) is 0 Å². The van der Waals surface area contributed by atoms with Gasteiger partial charge < -0.3 is 9.80 Å². The van der Waals surface area contributed by atoms with Gasteiger partial charge in [0.1, 0.15) is 11.6 Å². The number of likely N-dealkylation sites (N-methyl/N-ethyl adjacent to an activating group) is 1. The number of hydrogen-bond donors (Lipinski definition) is 0. The summed E-state index contributed by atoms with van der Waals surface area (Å²) in [5, 5.41) is 9.35. The van der Waals surface area contributed by atoms with E-state index in [2.05, 4.69) is 11.0 Å². The van der Waals surface area contributed by atoms with Gasteiger partial charge in [-0.2, -0.15) is 5.26 Å². The van der Waals surface area contributed by atoms with E-state index in [1.54, 1.807) is 11.1 Å². The smallest absolute Gasteiger partial charge is 0.265 e. The van der Waals surface area contributed by atoms with Gasteiger partial charge in [0.2, 0.25) is 0 Å². The van der Waals surface area contributed by atoms with Gasteiger partial charge in [-0.3, -0.25) is 4.79 Å². The van der Waals surface area contributed by atoms with Gasteiger partial charge in [-0.15, -0.1) is 0 Å². The number of amides is 1. The van der Waals surface area contributed by atoms with Crippen LogP contribution in [-0.2, 0) is 4.79 Å². The van der Waals surface area contributed by atoms with Gasteiger partial charge in [0, 0.05) is 32.4 Å². The summed E-state index contributed by atoms with van der Waals surface area (Å²) in [5.74, 6) is -0.103. The first-order valence-corrected chi connectivity index (χ1v) is 8.35. The largest absolute Gasteiger partial charge is 0.376 e. The molecule has 0 aromatic rings. The predicted octanol–water partition coefficient (Wildman–Crippen LogP) is 3.06. The Kier molecular flexibility index (Phi) is 6.10. The van der Waals surface area contributed by atoms with Crippen molar-refractivity contribution in [2.45, 2.75) is 63.8 Å². The van der Waals surface area contributed by atoms with Gasteiger partial charge >= 0.3 is 0 Å². The van der Waals surface area contributed by atoms with Crippen LogP contribution in [0.3, 0.4) is 0 Å². The normalized spacial score (nSPS) is 21.5. The maximum absolute atomic E-state index is 12.5. The fourth-order valence-corrected chi connectivity index (χ4v) is 3.36. The van der Waals surface area contributed by atoms with Gasteiger partial charge in [-0.05, 0) is 25.7 Å². The predicted molar refractivity (Wildman–Crippen MR) is 83.4 cm³/mol. The molecule has 2 aliphatic rings. The van der Waals surface area contributed by atoms with Gasteiger partial charge in [-0.1, -0.05) is 32.1 Å². The van der Waals surface area contributed by atoms with E-state index in [1.165, 1.54) is 32.1 Å². The Bertz CT molecular complexity index is 410. The lowest BCUT2D eigenvalue weighted by Gasteiger charge is -2.31. The molecule has 21 heavy (non-hydrogen) atoms. The van der Waals surface area contributed by atoms with Crippen LogP contribution >= 0.6 is 0 Å². The highest BCUT2D eigenvalue weighted by Crippen LogP contribution is 2.23. The number of likely N-dealkylation sites (tertiary alicyclic amines) is 1. The first-order chi connectivity index (χ1) is 10.2. The summed E-state index contributed by atoms with van der Waals surface area (Å²) in [6, 6.07) is 2.43. The minimum atomic E-state index is -0.103. The number of rotatable bonds is 3. The average Bonchev–Trinajstić information content (AvgIpc) is 2.80. The topological polar surface area (TPSA) is 47.3 Å². The number of carbonyl (C=O) groups is 1. The lowest BCUT2D eigenvalue weighted by molar-refractivity contribution is -0.128. The zero-order valence-electron chi connectivity index (χ0n) is 13.2. The Morgan fingerprint density at radius 3 is 2.24 bits per heavy atom. The molecule has 0 bridgehead atoms. The molecule has 1 heterocycles. The molecule has 1 aliphatic carbocycles. The van der Waals surface area contributed by atoms with Crippen LogP contribution in [0.15, 0.2) is 11.8 Å². The van der Waals surface area contributed by atoms with Gasteiger partial charge in [0.15, 0.2) is 0 Å². The molecule has 1 saturated heterocycles. The molecule has 0 spiro atoms. The standard InChI is InChI=1S/C17H27N3O/c1-19(16-9-5-4-6-10-16)17(21)15(13-18)14-20-11-7-2-3-8-12-20/h14,16H,2-12H2,1H3/b15-14-. The summed E-state index contributed by atoms with van der Waals surface area (Å²) in [4.78, 5) is 16.5. The molecule has 1 aliphatic heterocycles. The van der Waals surface area contributed by atoms with E-state index in [0.717, 1.165) is 38.8 Å². The summed E-state index contributed by atoms with van der Waals surface area (Å²) in [6.07, 6.45) is 12.4. The fourth-order valence-electron chi connectivity index (χ4n) is 3.36. The minimum absolute atomic E-state index is 0.103. The van der Waals surface area contributed by atoms with E-state index >= 15 is 0 Å². The fraction of sp³-hybridized carbons (Fsp3) is 0.765. The third kappa shape index (κ3) is 4.49. The lowest BCUT2D eigenvalue weighted by atomic mass is 9.94. The number of nitrogens with zero attached hydrogens (tertiary/aromatic N) is 3. The van der Waals surface area contributed by atoms with Crippen molar-refractivity contribution in [2.75, 3.05) is 20.1 Å². The summed E-state index contributed by atoms with van der Waals surface area (Å²) in [5.41, 5.74) is 0.296. The second-order valence-electron chi connectivity index (χ2n) is 6.31. The monoisotopic (exact) mass is 289 g/mol. The van der Waals surface area contributed by atoms with Gasteiger partial charge in [0.25, 0.3) is 5.91 Å². The summed E-state index contributed by atoms with van der Waals surface area (Å²) >= 11 is 0. The van der Waals surface area contributed by atoms with E-state index < -0.39 is 0 Å². The van der Waals surface area contributed by atoms with Crippen molar-refractivity contribution >= 4 is 5.91 Å². The summed E-state index contributed by atoms with van der Waals surface area (Å²) in [7, 11) is 1.85. The number of nitriles is 1. The zero-order chi connectivity index (χ0) is 15.1. The first kappa shape index (κ1) is 15.9. The third-order valence-corrected chi connectivity index (χ3v) is 4.75. The highest BCUT2D eigenvalue weighted by molar-refractivity contribution is 5.97. The molecule has 4 heteroatoms. The highest BCUT2D eigenvalue weighted by atomic mass is 16.2. The molecule has 0 aromatic heterocycles. The molecule has 4 nitrogen and oxygen atoms in total. The second-order valence-corrected chi connectivity index (χ2v) is 6.31. The molecule has 2 fully saturated rings. The molecular weight excluding hydrogens is 262 g/mol. The number of hydrogen-bond acceptors (Lipinski definition) is 3. The quantitative estimate of drug-likeness (QED) is 0.592. The van der Waals surface area contributed by atoms with Crippen molar-refractivity contribution in [1.29, 1.82) is 5.26 Å². The van der Waals surface area contributed by atoms with Crippen LogP contribution in [0.4, 0.5) is 0 Å². The molecule has 0 aromatic carbocycles. The molecule has 0 unspecified atom stereocenters. The lowest BCUT2D eigenvalue weighted by Crippen LogP contribution is -2.39. The Balaban J connectivity index is 2.01. The molecule has 0 N–H and O–H groups in total. The Labute approximate surface area is 128 Å². The van der Waals surface area contributed by atoms with E-state index in [1.807, 2.05) is 7.05 Å². The molecule has 1 amide bonds. The van der Waals surface area contributed by atoms with Crippen LogP contribution in [0.1, 0.15) is 57.8 Å². The Morgan fingerprint density at radius 1 is 1.10 bits per heavy atom. The molecule has 1 saturated carbocycles. The van der Waals surface area contributed by atoms with E-state index in [-0.39, 0.29) is 5.91 Å². The minimum Gasteiger partial charge on any atom is -0.376 e. The first-order valence-electron chi connectivity index (χ1n) is 8.35. The summed E-state index contributed by atoms with van der Waals surface area (Å²) < 4.78 is 0. The number of carbonyl (C=O) groups excluding carboxylic acids is 1. The Morgan fingerprint density at radius 2 is 1.67 bits per heavy atom. The van der Waals surface area contributed by atoms with Crippen molar-refractivity contribution in [3.05, 3.63) is 11.8 Å². The van der Waals surface area contributed by atoms with E-state index in [4.69, 9.17) is 0 Å². The van der Waals surface area contributed by atoms with E-state index in [9.17, 15) is 10.1 Å². The van der Waals surface area contributed by atoms with Crippen LogP contribution < -0.4 is 0 Å². The molecule has 0 radical (unpaired) electrons. The zero-order valence-corrected chi connectivity index (χ0v) is 13.2. The van der Waals surface area contributed by atoms with Crippen LogP contribution in [0.25, 0.3) is 0 Å². The summed E-state index contributed by atoms with van der Waals surface area (Å²) in [6.45, 7) is 1.93. The molecule has 116 valence electrons. The third-order valence-electron chi connectivity index (χ3n) is 4.75. The van der Waals surface area contributed by atoms with Crippen molar-refractivity contribution in [3.8, 4) is 6.07 Å². The molecule has 0 atom stereocenters. The highest BCUT2D eigenvalue weighted by Gasteiger charge is 2.24. The second kappa shape index (κ2) is 8.07. The van der Waals surface area contributed by atoms with Crippen molar-refractivity contribution in [3.63, 3.8) is 0 Å². The van der Waals surface area contributed by atoms with Crippen LogP contribution in [0.2, 0.25) is 0 Å². The van der Waals surface area contributed by atoms with Crippen LogP contribution in [-0.4, -0.2) is 41.9 Å². The molecular formula is C17H27N3O. The van der Waals surface area contributed by atoms with Crippen molar-refractivity contribution in [1.82, 2.24) is 9.80 Å². The van der Waals surface area contributed by atoms with Crippen molar-refractivity contribution in [2.24, 2.45) is 0 Å². The Hall–Kier alpha value is -1.50. The van der Waals surface area contributed by atoms with E-state index in [0.29, 0.717) is 11.6 Å².